The lowest BCUT2D eigenvalue weighted by Crippen LogP contribution is -1.97. The highest BCUT2D eigenvalue weighted by atomic mass is 16.5. The van der Waals surface area contributed by atoms with Gasteiger partial charge < -0.3 is 9.84 Å². The number of methoxy groups -OCH3 is 1. The Morgan fingerprint density at radius 2 is 2.05 bits per heavy atom. The minimum atomic E-state index is 0.101. The number of hydrogen-bond acceptors (Lipinski definition) is 5. The topological polar surface area (TPSA) is 73.1 Å². The van der Waals surface area contributed by atoms with Crippen LogP contribution in [0.3, 0.4) is 0 Å². The van der Waals surface area contributed by atoms with Crippen molar-refractivity contribution >= 4 is 0 Å². The molecule has 0 saturated carbocycles. The van der Waals surface area contributed by atoms with E-state index in [2.05, 4.69) is 15.1 Å². The number of ether oxygens (including phenoxy) is 1. The molecule has 3 rings (SSSR count). The molecule has 0 aliphatic carbocycles. The molecule has 0 saturated heterocycles. The summed E-state index contributed by atoms with van der Waals surface area (Å²) < 4.78 is 6.69. The number of phenols is 1. The van der Waals surface area contributed by atoms with E-state index < -0.39 is 0 Å². The first-order valence-corrected chi connectivity index (χ1v) is 5.98. The van der Waals surface area contributed by atoms with Crippen molar-refractivity contribution in [1.82, 2.24) is 19.7 Å². The minimum absolute atomic E-state index is 0.101. The third kappa shape index (κ3) is 2.18. The predicted molar refractivity (Wildman–Crippen MR) is 72.8 cm³/mol. The summed E-state index contributed by atoms with van der Waals surface area (Å²) >= 11 is 0. The molecule has 0 amide bonds. The van der Waals surface area contributed by atoms with E-state index in [0.29, 0.717) is 23.0 Å². The number of aromatic nitrogens is 4. The lowest BCUT2D eigenvalue weighted by Gasteiger charge is -2.04. The number of benzene rings is 1. The molecule has 100 valence electrons. The first kappa shape index (κ1) is 12.2. The molecule has 2 heterocycles. The quantitative estimate of drug-likeness (QED) is 0.787. The molecule has 0 unspecified atom stereocenters. The maximum atomic E-state index is 9.90. The van der Waals surface area contributed by atoms with Gasteiger partial charge in [-0.3, -0.25) is 0 Å². The van der Waals surface area contributed by atoms with Crippen LogP contribution in [0, 0.1) is 0 Å². The van der Waals surface area contributed by atoms with Crippen molar-refractivity contribution in [2.75, 3.05) is 7.11 Å². The SMILES string of the molecule is COc1ccc(O)c(-c2ncn(-c3ccccn3)n2)c1. The summed E-state index contributed by atoms with van der Waals surface area (Å²) in [6, 6.07) is 10.4. The highest BCUT2D eigenvalue weighted by Crippen LogP contribution is 2.30. The van der Waals surface area contributed by atoms with Gasteiger partial charge in [0.25, 0.3) is 0 Å². The van der Waals surface area contributed by atoms with Gasteiger partial charge in [-0.15, -0.1) is 5.10 Å². The van der Waals surface area contributed by atoms with E-state index in [1.165, 1.54) is 0 Å². The molecule has 2 aromatic heterocycles. The summed E-state index contributed by atoms with van der Waals surface area (Å²) in [6.07, 6.45) is 3.23. The van der Waals surface area contributed by atoms with E-state index in [4.69, 9.17) is 4.74 Å². The van der Waals surface area contributed by atoms with Crippen LogP contribution in [-0.4, -0.2) is 32.0 Å². The van der Waals surface area contributed by atoms with E-state index in [1.54, 1.807) is 42.5 Å². The molecule has 0 aliphatic heterocycles. The van der Waals surface area contributed by atoms with Crippen LogP contribution < -0.4 is 4.74 Å². The van der Waals surface area contributed by atoms with Gasteiger partial charge in [0.15, 0.2) is 11.6 Å². The lowest BCUT2D eigenvalue weighted by atomic mass is 10.2. The molecule has 0 atom stereocenters. The summed E-state index contributed by atoms with van der Waals surface area (Å²) in [5, 5.41) is 14.2. The van der Waals surface area contributed by atoms with E-state index >= 15 is 0 Å². The Kier molecular flexibility index (Phi) is 3.04. The average Bonchev–Trinajstić information content (AvgIpc) is 2.98. The molecule has 1 aromatic carbocycles. The summed E-state index contributed by atoms with van der Waals surface area (Å²) in [4.78, 5) is 8.38. The van der Waals surface area contributed by atoms with Gasteiger partial charge in [-0.1, -0.05) is 6.07 Å². The Hall–Kier alpha value is -2.89. The highest BCUT2D eigenvalue weighted by Gasteiger charge is 2.11. The fourth-order valence-corrected chi connectivity index (χ4v) is 1.81. The van der Waals surface area contributed by atoms with Crippen LogP contribution in [0.1, 0.15) is 0 Å². The summed E-state index contributed by atoms with van der Waals surface area (Å²) in [5.74, 6) is 1.80. The molecular formula is C14H12N4O2. The molecule has 20 heavy (non-hydrogen) atoms. The number of hydrogen-bond donors (Lipinski definition) is 1. The molecule has 0 aliphatic rings. The maximum Gasteiger partial charge on any atom is 0.185 e. The van der Waals surface area contributed by atoms with Gasteiger partial charge in [0.1, 0.15) is 17.8 Å². The first-order chi connectivity index (χ1) is 9.78. The molecule has 1 N–H and O–H groups in total. The van der Waals surface area contributed by atoms with Gasteiger partial charge in [0.2, 0.25) is 0 Å². The number of pyridine rings is 1. The zero-order valence-electron chi connectivity index (χ0n) is 10.8. The van der Waals surface area contributed by atoms with Crippen LogP contribution >= 0.6 is 0 Å². The Labute approximate surface area is 115 Å². The molecule has 0 spiro atoms. The zero-order chi connectivity index (χ0) is 13.9. The lowest BCUT2D eigenvalue weighted by molar-refractivity contribution is 0.412. The third-order valence-corrected chi connectivity index (χ3v) is 2.82. The van der Waals surface area contributed by atoms with Crippen LogP contribution in [0.5, 0.6) is 11.5 Å². The van der Waals surface area contributed by atoms with E-state index in [1.807, 2.05) is 18.2 Å². The van der Waals surface area contributed by atoms with Gasteiger partial charge in [-0.05, 0) is 30.3 Å². The fraction of sp³-hybridized carbons (Fsp3) is 0.0714. The monoisotopic (exact) mass is 268 g/mol. The van der Waals surface area contributed by atoms with Crippen molar-refractivity contribution in [2.45, 2.75) is 0 Å². The standard InChI is InChI=1S/C14H12N4O2/c1-20-10-5-6-12(19)11(8-10)14-16-9-18(17-14)13-4-2-3-7-15-13/h2-9,19H,1H3. The summed E-state index contributed by atoms with van der Waals surface area (Å²) in [6.45, 7) is 0. The van der Waals surface area contributed by atoms with Gasteiger partial charge >= 0.3 is 0 Å². The van der Waals surface area contributed by atoms with Crippen LogP contribution in [0.25, 0.3) is 17.2 Å². The number of aromatic hydroxyl groups is 1. The summed E-state index contributed by atoms with van der Waals surface area (Å²) in [5.41, 5.74) is 0.513. The van der Waals surface area contributed by atoms with Crippen LogP contribution in [0.2, 0.25) is 0 Å². The smallest absolute Gasteiger partial charge is 0.185 e. The van der Waals surface area contributed by atoms with E-state index in [-0.39, 0.29) is 5.75 Å². The van der Waals surface area contributed by atoms with Crippen LogP contribution in [0.15, 0.2) is 48.9 Å². The summed E-state index contributed by atoms with van der Waals surface area (Å²) in [7, 11) is 1.57. The van der Waals surface area contributed by atoms with Crippen LogP contribution in [0.4, 0.5) is 0 Å². The second kappa shape index (κ2) is 5.00. The number of phenolic OH excluding ortho intramolecular Hbond substituents is 1. The Morgan fingerprint density at radius 1 is 1.15 bits per heavy atom. The Bertz CT molecular complexity index is 725. The van der Waals surface area contributed by atoms with Gasteiger partial charge in [0, 0.05) is 6.20 Å². The largest absolute Gasteiger partial charge is 0.507 e. The van der Waals surface area contributed by atoms with Crippen molar-refractivity contribution in [3.8, 4) is 28.7 Å². The number of nitrogens with zero attached hydrogens (tertiary/aromatic N) is 4. The van der Waals surface area contributed by atoms with Gasteiger partial charge in [0.05, 0.1) is 12.7 Å². The van der Waals surface area contributed by atoms with Crippen molar-refractivity contribution in [1.29, 1.82) is 0 Å². The molecule has 3 aromatic rings. The van der Waals surface area contributed by atoms with Crippen molar-refractivity contribution < 1.29 is 9.84 Å². The van der Waals surface area contributed by atoms with Crippen molar-refractivity contribution in [3.63, 3.8) is 0 Å². The van der Waals surface area contributed by atoms with Gasteiger partial charge in [-0.2, -0.15) is 0 Å². The average molecular weight is 268 g/mol. The minimum Gasteiger partial charge on any atom is -0.507 e. The normalized spacial score (nSPS) is 10.4. The van der Waals surface area contributed by atoms with Crippen molar-refractivity contribution in [3.05, 3.63) is 48.9 Å². The van der Waals surface area contributed by atoms with Crippen molar-refractivity contribution in [2.24, 2.45) is 0 Å². The fourth-order valence-electron chi connectivity index (χ4n) is 1.81. The Balaban J connectivity index is 2.02. The van der Waals surface area contributed by atoms with Gasteiger partial charge in [-0.25, -0.2) is 14.6 Å². The zero-order valence-corrected chi connectivity index (χ0v) is 10.8. The molecule has 0 bridgehead atoms. The van der Waals surface area contributed by atoms with Crippen LogP contribution in [-0.2, 0) is 0 Å². The van der Waals surface area contributed by atoms with E-state index in [0.717, 1.165) is 0 Å². The molecule has 6 nitrogen and oxygen atoms in total. The Morgan fingerprint density at radius 3 is 2.80 bits per heavy atom. The molecule has 0 radical (unpaired) electrons. The molecular weight excluding hydrogens is 256 g/mol. The molecule has 6 heteroatoms. The molecule has 0 fully saturated rings. The highest BCUT2D eigenvalue weighted by molar-refractivity contribution is 5.65. The second-order valence-corrected chi connectivity index (χ2v) is 4.08. The third-order valence-electron chi connectivity index (χ3n) is 2.82. The first-order valence-electron chi connectivity index (χ1n) is 5.98. The number of rotatable bonds is 3. The maximum absolute atomic E-state index is 9.90. The predicted octanol–water partition coefficient (Wildman–Crippen LogP) is 2.04. The second-order valence-electron chi connectivity index (χ2n) is 4.08. The van der Waals surface area contributed by atoms with E-state index in [9.17, 15) is 5.11 Å².